The molecule has 0 aromatic heterocycles. The molecular formula is C12H12N2O3. The molecule has 0 radical (unpaired) electrons. The maximum absolute atomic E-state index is 8.25. The highest BCUT2D eigenvalue weighted by molar-refractivity contribution is 5.35. The van der Waals surface area contributed by atoms with Crippen LogP contribution in [0.25, 0.3) is 0 Å². The summed E-state index contributed by atoms with van der Waals surface area (Å²) in [4.78, 5) is 8.25. The summed E-state index contributed by atoms with van der Waals surface area (Å²) < 4.78 is 0. The molecule has 17 heavy (non-hydrogen) atoms. The Bertz CT molecular complexity index is 404. The van der Waals surface area contributed by atoms with Gasteiger partial charge < -0.3 is 15.3 Å². The van der Waals surface area contributed by atoms with E-state index in [4.69, 9.17) is 15.3 Å². The van der Waals surface area contributed by atoms with Crippen LogP contribution < -0.4 is 5.32 Å². The third kappa shape index (κ3) is 5.91. The molecule has 0 bridgehead atoms. The Morgan fingerprint density at radius 2 is 1.06 bits per heavy atom. The number of quaternary nitrogens is 1. The Labute approximate surface area is 98.4 Å². The largest absolute Gasteiger partial charge is 0.356 e. The van der Waals surface area contributed by atoms with E-state index in [0.717, 1.165) is 0 Å². The molecule has 88 valence electrons. The fourth-order valence-corrected chi connectivity index (χ4v) is 1.29. The molecule has 0 atom stereocenters. The molecule has 5 nitrogen and oxygen atoms in total. The molecule has 0 saturated carbocycles. The van der Waals surface area contributed by atoms with E-state index in [1.54, 1.807) is 0 Å². The van der Waals surface area contributed by atoms with Gasteiger partial charge in [-0.1, -0.05) is 36.4 Å². The molecule has 2 aromatic rings. The van der Waals surface area contributed by atoms with E-state index in [0.29, 0.717) is 0 Å². The van der Waals surface area contributed by atoms with Crippen molar-refractivity contribution in [1.82, 2.24) is 0 Å². The molecule has 5 heteroatoms. The van der Waals surface area contributed by atoms with Gasteiger partial charge in [-0.2, -0.15) is 0 Å². The summed E-state index contributed by atoms with van der Waals surface area (Å²) in [5.41, 5.74) is 2.49. The van der Waals surface area contributed by atoms with E-state index < -0.39 is 5.09 Å². The van der Waals surface area contributed by atoms with Crippen molar-refractivity contribution in [1.29, 1.82) is 0 Å². The molecule has 0 saturated heterocycles. The van der Waals surface area contributed by atoms with Gasteiger partial charge in [0.1, 0.15) is 11.4 Å². The van der Waals surface area contributed by atoms with E-state index in [1.165, 1.54) is 11.4 Å². The highest BCUT2D eigenvalue weighted by atomic mass is 16.9. The first kappa shape index (κ1) is 12.7. The number of para-hydroxylation sites is 2. The minimum absolute atomic E-state index is 1.24. The number of nitrogens with zero attached hydrogens (tertiary/aromatic N) is 1. The van der Waals surface area contributed by atoms with Gasteiger partial charge in [0.05, 0.1) is 5.09 Å². The van der Waals surface area contributed by atoms with Crippen molar-refractivity contribution in [3.05, 3.63) is 76.0 Å². The molecule has 0 aliphatic heterocycles. The zero-order valence-corrected chi connectivity index (χ0v) is 9.02. The summed E-state index contributed by atoms with van der Waals surface area (Å²) >= 11 is 0. The number of hydrogen-bond acceptors (Lipinski definition) is 3. The van der Waals surface area contributed by atoms with Gasteiger partial charge in [0, 0.05) is 0 Å². The highest BCUT2D eigenvalue weighted by Gasteiger charge is 1.96. The quantitative estimate of drug-likeness (QED) is 0.488. The van der Waals surface area contributed by atoms with Crippen molar-refractivity contribution in [2.75, 3.05) is 0 Å². The highest BCUT2D eigenvalue weighted by Crippen LogP contribution is 2.02. The van der Waals surface area contributed by atoms with E-state index in [1.807, 2.05) is 12.1 Å². The Hall–Kier alpha value is -2.40. The average Bonchev–Trinajstić information content (AvgIpc) is 2.31. The van der Waals surface area contributed by atoms with Crippen LogP contribution in [-0.2, 0) is 0 Å². The molecular weight excluding hydrogens is 220 g/mol. The molecule has 0 amide bonds. The summed E-state index contributed by atoms with van der Waals surface area (Å²) in [7, 11) is 0. The molecule has 2 N–H and O–H groups in total. The van der Waals surface area contributed by atoms with Crippen LogP contribution in [-0.4, -0.2) is 5.09 Å². The summed E-state index contributed by atoms with van der Waals surface area (Å²) in [5.74, 6) is 0. The third-order valence-corrected chi connectivity index (χ3v) is 1.93. The Kier molecular flexibility index (Phi) is 5.19. The first-order chi connectivity index (χ1) is 8.18. The lowest BCUT2D eigenvalue weighted by atomic mass is 10.3. The molecule has 0 fully saturated rings. The van der Waals surface area contributed by atoms with Gasteiger partial charge in [-0.3, -0.25) is 5.32 Å². The summed E-state index contributed by atoms with van der Waals surface area (Å²) in [6.45, 7) is 0. The maximum Gasteiger partial charge on any atom is 0.134 e. The number of hydrogen-bond donors (Lipinski definition) is 1. The van der Waals surface area contributed by atoms with Gasteiger partial charge in [0.15, 0.2) is 0 Å². The van der Waals surface area contributed by atoms with Crippen LogP contribution in [0.1, 0.15) is 0 Å². The van der Waals surface area contributed by atoms with Crippen LogP contribution in [0.4, 0.5) is 11.4 Å². The van der Waals surface area contributed by atoms with Gasteiger partial charge in [0.25, 0.3) is 0 Å². The Morgan fingerprint density at radius 1 is 0.765 bits per heavy atom. The van der Waals surface area contributed by atoms with Crippen LogP contribution in [0.5, 0.6) is 0 Å². The predicted molar refractivity (Wildman–Crippen MR) is 64.5 cm³/mol. The smallest absolute Gasteiger partial charge is 0.134 e. The summed E-state index contributed by atoms with van der Waals surface area (Å²) in [6.07, 6.45) is 0. The lowest BCUT2D eigenvalue weighted by molar-refractivity contribution is -0.478. The van der Waals surface area contributed by atoms with Gasteiger partial charge in [-0.05, 0) is 24.3 Å². The van der Waals surface area contributed by atoms with E-state index in [2.05, 4.69) is 53.8 Å². The Balaban J connectivity index is 0.000000317. The van der Waals surface area contributed by atoms with Crippen LogP contribution >= 0.6 is 0 Å². The van der Waals surface area contributed by atoms with Crippen molar-refractivity contribution >= 4 is 11.4 Å². The number of benzene rings is 2. The van der Waals surface area contributed by atoms with Crippen molar-refractivity contribution < 1.29 is 10.4 Å². The molecule has 0 aliphatic carbocycles. The lowest BCUT2D eigenvalue weighted by Crippen LogP contribution is -2.70. The number of rotatable bonds is 2. The monoisotopic (exact) mass is 232 g/mol. The van der Waals surface area contributed by atoms with E-state index in [9.17, 15) is 0 Å². The van der Waals surface area contributed by atoms with Crippen molar-refractivity contribution in [3.8, 4) is 0 Å². The average molecular weight is 232 g/mol. The molecule has 2 aromatic carbocycles. The van der Waals surface area contributed by atoms with Crippen LogP contribution in [0.3, 0.4) is 0 Å². The van der Waals surface area contributed by atoms with Gasteiger partial charge >= 0.3 is 0 Å². The van der Waals surface area contributed by atoms with Gasteiger partial charge in [-0.25, -0.2) is 0 Å². The van der Waals surface area contributed by atoms with Gasteiger partial charge in [0.2, 0.25) is 0 Å². The zero-order chi connectivity index (χ0) is 12.5. The Morgan fingerprint density at radius 3 is 1.35 bits per heavy atom. The third-order valence-electron chi connectivity index (χ3n) is 1.93. The first-order valence-corrected chi connectivity index (χ1v) is 4.95. The van der Waals surface area contributed by atoms with Gasteiger partial charge in [-0.15, -0.1) is 0 Å². The van der Waals surface area contributed by atoms with Crippen molar-refractivity contribution in [3.63, 3.8) is 0 Å². The normalized spacial score (nSPS) is 8.94. The van der Waals surface area contributed by atoms with Crippen LogP contribution in [0.2, 0.25) is 0 Å². The molecule has 0 aliphatic rings. The predicted octanol–water partition coefficient (Wildman–Crippen LogP) is 1.97. The second-order valence-corrected chi connectivity index (χ2v) is 3.19. The summed E-state index contributed by atoms with van der Waals surface area (Å²) in [5, 5.41) is 16.9. The maximum atomic E-state index is 8.25. The van der Waals surface area contributed by atoms with Crippen molar-refractivity contribution in [2.45, 2.75) is 0 Å². The lowest BCUT2D eigenvalue weighted by Gasteiger charge is -1.98. The molecule has 0 spiro atoms. The fraction of sp³-hybridized carbons (Fsp3) is 0. The van der Waals surface area contributed by atoms with Crippen LogP contribution in [0, 0.1) is 15.3 Å². The standard InChI is InChI=1S/C12H11N.NO3/c1-3-7-11(8-4-1)13-12-9-5-2-6-10-12;2-1(3)4/h1-10,13H;/q;-1/p+1. The first-order valence-electron chi connectivity index (χ1n) is 4.95. The van der Waals surface area contributed by atoms with Crippen molar-refractivity contribution in [2.24, 2.45) is 0 Å². The zero-order valence-electron chi connectivity index (χ0n) is 9.02. The molecule has 0 heterocycles. The SMILES string of the molecule is O=[N+]([O-])[O-].c1ccc([NH2+]c2ccccc2)cc1. The van der Waals surface area contributed by atoms with E-state index in [-0.39, 0.29) is 0 Å². The topological polar surface area (TPSA) is 82.8 Å². The second-order valence-electron chi connectivity index (χ2n) is 3.19. The minimum atomic E-state index is -1.75. The minimum Gasteiger partial charge on any atom is -0.356 e. The van der Waals surface area contributed by atoms with Crippen LogP contribution in [0.15, 0.2) is 60.7 Å². The molecule has 0 unspecified atom stereocenters. The summed E-state index contributed by atoms with van der Waals surface area (Å²) in [6, 6.07) is 20.7. The second kappa shape index (κ2) is 6.97. The van der Waals surface area contributed by atoms with E-state index >= 15 is 0 Å². The molecule has 2 rings (SSSR count). The number of nitrogens with two attached hydrogens (primary N) is 1. The fourth-order valence-electron chi connectivity index (χ4n) is 1.29.